The van der Waals surface area contributed by atoms with Gasteiger partial charge in [-0.15, -0.1) is 0 Å². The molecule has 0 bridgehead atoms. The zero-order valence-corrected chi connectivity index (χ0v) is 28.6. The molecule has 2 fully saturated rings. The molecule has 0 radical (unpaired) electrons. The molecule has 0 spiro atoms. The quantitative estimate of drug-likeness (QED) is 0.253. The molecule has 1 N–H and O–H groups in total. The lowest BCUT2D eigenvalue weighted by Crippen LogP contribution is -2.63. The predicted octanol–water partition coefficient (Wildman–Crippen LogP) is 6.43. The van der Waals surface area contributed by atoms with Crippen molar-refractivity contribution in [1.29, 1.82) is 0 Å². The van der Waals surface area contributed by atoms with E-state index in [1.54, 1.807) is 24.3 Å². The molecule has 2 aliphatic heterocycles. The van der Waals surface area contributed by atoms with Gasteiger partial charge in [0.05, 0.1) is 17.5 Å². The molecule has 0 amide bonds. The molecule has 8 nitrogen and oxygen atoms in total. The summed E-state index contributed by atoms with van der Waals surface area (Å²) in [5, 5.41) is 3.60. The molecule has 246 valence electrons. The maximum atomic E-state index is 13.5. The third kappa shape index (κ3) is 8.95. The summed E-state index contributed by atoms with van der Waals surface area (Å²) in [4.78, 5) is 41.8. The van der Waals surface area contributed by atoms with Gasteiger partial charge in [0, 0.05) is 54.4 Å². The molecular weight excluding hydrogens is 568 g/mol. The lowest BCUT2D eigenvalue weighted by atomic mass is 9.78. The number of likely N-dealkylation sites (tertiary alicyclic amines) is 1. The van der Waals surface area contributed by atoms with Crippen molar-refractivity contribution in [3.05, 3.63) is 70.8 Å². The summed E-state index contributed by atoms with van der Waals surface area (Å²) < 4.78 is 17.7. The third-order valence-corrected chi connectivity index (χ3v) is 9.16. The molecule has 45 heavy (non-hydrogen) atoms. The number of aryl methyl sites for hydroxylation is 1. The Morgan fingerprint density at radius 3 is 1.71 bits per heavy atom. The van der Waals surface area contributed by atoms with Crippen LogP contribution in [-0.4, -0.2) is 70.3 Å². The highest BCUT2D eigenvalue weighted by molar-refractivity contribution is 6.03. The molecule has 0 atom stereocenters. The highest BCUT2D eigenvalue weighted by Crippen LogP contribution is 2.40. The van der Waals surface area contributed by atoms with Gasteiger partial charge >= 0.3 is 17.9 Å². The van der Waals surface area contributed by atoms with Crippen molar-refractivity contribution < 1.29 is 28.6 Å². The van der Waals surface area contributed by atoms with Crippen LogP contribution < -0.4 is 5.32 Å². The number of hydrogen-bond acceptors (Lipinski definition) is 8. The summed E-state index contributed by atoms with van der Waals surface area (Å²) in [6.45, 7) is 19.7. The zero-order valence-electron chi connectivity index (χ0n) is 28.6. The Balaban J connectivity index is 1.36. The lowest BCUT2D eigenvalue weighted by molar-refractivity contribution is -0.146. The van der Waals surface area contributed by atoms with E-state index in [-0.39, 0.29) is 64.5 Å². The number of piperidine rings is 2. The van der Waals surface area contributed by atoms with E-state index >= 15 is 0 Å². The third-order valence-electron chi connectivity index (χ3n) is 9.16. The van der Waals surface area contributed by atoms with Gasteiger partial charge in [-0.3, -0.25) is 9.69 Å². The fourth-order valence-corrected chi connectivity index (χ4v) is 7.76. The molecule has 2 aromatic carbocycles. The van der Waals surface area contributed by atoms with Crippen LogP contribution in [-0.2, 0) is 25.4 Å². The molecule has 4 rings (SSSR count). The maximum absolute atomic E-state index is 13.5. The van der Waals surface area contributed by atoms with E-state index in [9.17, 15) is 14.4 Å². The maximum Gasteiger partial charge on any atom is 0.339 e. The topological polar surface area (TPSA) is 94.2 Å². The number of nitrogens with one attached hydrogen (secondary N) is 1. The molecular formula is C37H52N2O6. The minimum atomic E-state index is -0.524. The van der Waals surface area contributed by atoms with Gasteiger partial charge in [-0.1, -0.05) is 36.4 Å². The van der Waals surface area contributed by atoms with E-state index in [4.69, 9.17) is 14.2 Å². The van der Waals surface area contributed by atoms with Crippen molar-refractivity contribution in [3.63, 3.8) is 0 Å². The van der Waals surface area contributed by atoms with E-state index in [1.807, 2.05) is 31.2 Å². The van der Waals surface area contributed by atoms with Crippen LogP contribution in [0.3, 0.4) is 0 Å². The van der Waals surface area contributed by atoms with Gasteiger partial charge in [0.15, 0.2) is 0 Å². The van der Waals surface area contributed by atoms with Crippen molar-refractivity contribution in [1.82, 2.24) is 10.2 Å². The monoisotopic (exact) mass is 620 g/mol. The second kappa shape index (κ2) is 13.2. The normalized spacial score (nSPS) is 21.1. The lowest BCUT2D eigenvalue weighted by Gasteiger charge is -2.54. The number of carbonyl (C=O) groups is 3. The van der Waals surface area contributed by atoms with Crippen LogP contribution in [0.2, 0.25) is 0 Å². The fraction of sp³-hybridized carbons (Fsp3) is 0.595. The summed E-state index contributed by atoms with van der Waals surface area (Å²) >= 11 is 0. The minimum Gasteiger partial charge on any atom is -0.464 e. The first-order valence-corrected chi connectivity index (χ1v) is 16.2. The van der Waals surface area contributed by atoms with E-state index in [0.29, 0.717) is 32.2 Å². The standard InChI is InChI=1S/C37H52N2O6/c1-25-14-10-11-15-26(25)20-31(40)43-19-18-39-36(6,7)23-28(24-37(39,8)9)45-33(42)30-17-13-12-16-29(30)32(41)44-27-21-34(2,3)38-35(4,5)22-27/h10-17,27-28,38H,18-24H2,1-9H3. The van der Waals surface area contributed by atoms with Crippen molar-refractivity contribution >= 4 is 17.9 Å². The van der Waals surface area contributed by atoms with Crippen LogP contribution >= 0.6 is 0 Å². The van der Waals surface area contributed by atoms with Crippen molar-refractivity contribution in [2.45, 2.75) is 129 Å². The zero-order chi connectivity index (χ0) is 33.2. The van der Waals surface area contributed by atoms with Crippen LogP contribution in [0, 0.1) is 6.92 Å². The second-order valence-corrected chi connectivity index (χ2v) is 15.4. The molecule has 8 heteroatoms. The number of benzene rings is 2. The van der Waals surface area contributed by atoms with Gasteiger partial charge in [0.1, 0.15) is 18.8 Å². The molecule has 0 unspecified atom stereocenters. The Kier molecular flexibility index (Phi) is 10.2. The Labute approximate surface area is 269 Å². The molecule has 2 aliphatic rings. The average molecular weight is 621 g/mol. The van der Waals surface area contributed by atoms with Gasteiger partial charge in [0.2, 0.25) is 0 Å². The van der Waals surface area contributed by atoms with E-state index in [1.165, 1.54) is 0 Å². The Hall–Kier alpha value is -3.23. The number of rotatable bonds is 9. The van der Waals surface area contributed by atoms with Crippen molar-refractivity contribution in [2.24, 2.45) is 0 Å². The Morgan fingerprint density at radius 1 is 0.733 bits per heavy atom. The van der Waals surface area contributed by atoms with Gasteiger partial charge in [-0.05, 0) is 85.6 Å². The summed E-state index contributed by atoms with van der Waals surface area (Å²) in [6.07, 6.45) is 2.21. The van der Waals surface area contributed by atoms with Gasteiger partial charge < -0.3 is 19.5 Å². The Morgan fingerprint density at radius 2 is 1.20 bits per heavy atom. The average Bonchev–Trinajstić information content (AvgIpc) is 2.89. The molecule has 2 saturated heterocycles. The highest BCUT2D eigenvalue weighted by Gasteiger charge is 2.47. The molecule has 2 heterocycles. The summed E-state index contributed by atoms with van der Waals surface area (Å²) in [5.74, 6) is -1.27. The second-order valence-electron chi connectivity index (χ2n) is 15.4. The van der Waals surface area contributed by atoms with Crippen LogP contribution in [0.15, 0.2) is 48.5 Å². The molecule has 2 aromatic rings. The number of nitrogens with zero attached hydrogens (tertiary/aromatic N) is 1. The first-order chi connectivity index (χ1) is 20.9. The highest BCUT2D eigenvalue weighted by atomic mass is 16.6. The van der Waals surface area contributed by atoms with Gasteiger partial charge in [0.25, 0.3) is 0 Å². The van der Waals surface area contributed by atoms with Crippen molar-refractivity contribution in [2.75, 3.05) is 13.2 Å². The first kappa shape index (κ1) is 34.6. The molecule has 0 aromatic heterocycles. The fourth-order valence-electron chi connectivity index (χ4n) is 7.76. The van der Waals surface area contributed by atoms with Crippen LogP contribution in [0.1, 0.15) is 113 Å². The number of esters is 3. The summed E-state index contributed by atoms with van der Waals surface area (Å²) in [5.41, 5.74) is 1.46. The van der Waals surface area contributed by atoms with Gasteiger partial charge in [-0.25, -0.2) is 9.59 Å². The number of carbonyl (C=O) groups excluding carboxylic acids is 3. The molecule has 0 saturated carbocycles. The van der Waals surface area contributed by atoms with E-state index < -0.39 is 11.9 Å². The largest absolute Gasteiger partial charge is 0.464 e. The van der Waals surface area contributed by atoms with Gasteiger partial charge in [-0.2, -0.15) is 0 Å². The SMILES string of the molecule is Cc1ccccc1CC(=O)OCCN1C(C)(C)CC(OC(=O)c2ccccc2C(=O)OC2CC(C)(C)NC(C)(C)C2)CC1(C)C. The van der Waals surface area contributed by atoms with E-state index in [2.05, 4.69) is 65.6 Å². The number of ether oxygens (including phenoxy) is 3. The first-order valence-electron chi connectivity index (χ1n) is 16.2. The van der Waals surface area contributed by atoms with Crippen LogP contribution in [0.5, 0.6) is 0 Å². The Bertz CT molecular complexity index is 1360. The smallest absolute Gasteiger partial charge is 0.339 e. The minimum absolute atomic E-state index is 0.178. The predicted molar refractivity (Wildman–Crippen MR) is 175 cm³/mol. The van der Waals surface area contributed by atoms with Crippen molar-refractivity contribution in [3.8, 4) is 0 Å². The van der Waals surface area contributed by atoms with Crippen LogP contribution in [0.4, 0.5) is 0 Å². The summed E-state index contributed by atoms with van der Waals surface area (Å²) in [7, 11) is 0. The summed E-state index contributed by atoms with van der Waals surface area (Å²) in [6, 6.07) is 14.6. The van der Waals surface area contributed by atoms with E-state index in [0.717, 1.165) is 11.1 Å². The van der Waals surface area contributed by atoms with Crippen LogP contribution in [0.25, 0.3) is 0 Å². The molecule has 0 aliphatic carbocycles. The number of hydrogen-bond donors (Lipinski definition) is 1.